The number of benzene rings is 2. The topological polar surface area (TPSA) is 29.3 Å². The van der Waals surface area contributed by atoms with Gasteiger partial charge in [0, 0.05) is 37.0 Å². The van der Waals surface area contributed by atoms with Crippen molar-refractivity contribution in [2.75, 3.05) is 5.73 Å². The van der Waals surface area contributed by atoms with Crippen LogP contribution in [-0.2, 0) is 19.6 Å². The zero-order chi connectivity index (χ0) is 13.4. The van der Waals surface area contributed by atoms with Gasteiger partial charge in [-0.3, -0.25) is 4.90 Å². The zero-order valence-electron chi connectivity index (χ0n) is 10.4. The Balaban J connectivity index is 1.79. The second-order valence-corrected chi connectivity index (χ2v) is 4.87. The molecule has 1 aliphatic rings. The summed E-state index contributed by atoms with van der Waals surface area (Å²) in [6, 6.07) is 9.55. The van der Waals surface area contributed by atoms with Gasteiger partial charge in [-0.05, 0) is 23.3 Å². The number of hydrogen-bond acceptors (Lipinski definition) is 2. The van der Waals surface area contributed by atoms with Gasteiger partial charge >= 0.3 is 0 Å². The fourth-order valence-corrected chi connectivity index (χ4v) is 2.52. The van der Waals surface area contributed by atoms with Crippen LogP contribution in [-0.4, -0.2) is 4.90 Å². The molecule has 1 aliphatic heterocycles. The normalized spacial score (nSPS) is 14.6. The van der Waals surface area contributed by atoms with Crippen molar-refractivity contribution in [1.29, 1.82) is 0 Å². The van der Waals surface area contributed by atoms with Crippen LogP contribution in [0.2, 0.25) is 0 Å². The summed E-state index contributed by atoms with van der Waals surface area (Å²) in [5.74, 6) is -1.04. The number of anilines is 1. The van der Waals surface area contributed by atoms with E-state index < -0.39 is 11.6 Å². The monoisotopic (exact) mass is 260 g/mol. The molecule has 0 saturated heterocycles. The molecular weight excluding hydrogens is 246 g/mol. The highest BCUT2D eigenvalue weighted by Crippen LogP contribution is 2.28. The molecule has 0 radical (unpaired) electrons. The second-order valence-electron chi connectivity index (χ2n) is 4.87. The lowest BCUT2D eigenvalue weighted by Gasteiger charge is -2.15. The number of rotatable bonds is 2. The summed E-state index contributed by atoms with van der Waals surface area (Å²) in [7, 11) is 0. The van der Waals surface area contributed by atoms with Crippen molar-refractivity contribution < 1.29 is 8.78 Å². The van der Waals surface area contributed by atoms with Crippen molar-refractivity contribution in [3.8, 4) is 0 Å². The number of nitrogens with two attached hydrogens (primary N) is 1. The molecule has 2 nitrogen and oxygen atoms in total. The Morgan fingerprint density at radius 3 is 2.68 bits per heavy atom. The summed E-state index contributed by atoms with van der Waals surface area (Å²) < 4.78 is 26.5. The summed E-state index contributed by atoms with van der Waals surface area (Å²) in [6.07, 6.45) is 0. The predicted octanol–water partition coefficient (Wildman–Crippen LogP) is 3.06. The van der Waals surface area contributed by atoms with Crippen LogP contribution in [0.15, 0.2) is 36.4 Å². The molecule has 0 atom stereocenters. The standard InChI is InChI=1S/C15H14F2N2/c16-12-5-4-11(14(17)6-12)8-19-7-10-2-1-3-15(18)13(10)9-19/h1-6H,7-9,18H2. The quantitative estimate of drug-likeness (QED) is 0.841. The molecule has 98 valence electrons. The van der Waals surface area contributed by atoms with Gasteiger partial charge in [0.05, 0.1) is 0 Å². The van der Waals surface area contributed by atoms with Crippen molar-refractivity contribution in [1.82, 2.24) is 4.90 Å². The number of nitrogens with zero attached hydrogens (tertiary/aromatic N) is 1. The maximum atomic E-state index is 13.6. The maximum Gasteiger partial charge on any atom is 0.130 e. The fraction of sp³-hybridized carbons (Fsp3) is 0.200. The molecule has 0 aromatic heterocycles. The van der Waals surface area contributed by atoms with E-state index in [9.17, 15) is 8.78 Å². The number of fused-ring (bicyclic) bond motifs is 1. The first-order valence-corrected chi connectivity index (χ1v) is 6.16. The molecule has 1 heterocycles. The minimum Gasteiger partial charge on any atom is -0.398 e. The predicted molar refractivity (Wildman–Crippen MR) is 70.2 cm³/mol. The minimum absolute atomic E-state index is 0.459. The molecule has 19 heavy (non-hydrogen) atoms. The molecule has 0 aliphatic carbocycles. The van der Waals surface area contributed by atoms with Crippen LogP contribution in [0.1, 0.15) is 16.7 Å². The highest BCUT2D eigenvalue weighted by Gasteiger charge is 2.21. The minimum atomic E-state index is -0.546. The van der Waals surface area contributed by atoms with Gasteiger partial charge in [-0.15, -0.1) is 0 Å². The second kappa shape index (κ2) is 4.63. The molecule has 0 fully saturated rings. The lowest BCUT2D eigenvalue weighted by molar-refractivity contribution is 0.271. The number of halogens is 2. The summed E-state index contributed by atoms with van der Waals surface area (Å²) in [4.78, 5) is 2.09. The molecule has 0 amide bonds. The van der Waals surface area contributed by atoms with Crippen LogP contribution in [0.3, 0.4) is 0 Å². The molecule has 4 heteroatoms. The van der Waals surface area contributed by atoms with Gasteiger partial charge in [0.15, 0.2) is 0 Å². The largest absolute Gasteiger partial charge is 0.398 e. The average molecular weight is 260 g/mol. The molecule has 0 bridgehead atoms. The van der Waals surface area contributed by atoms with E-state index in [0.29, 0.717) is 18.7 Å². The summed E-state index contributed by atoms with van der Waals surface area (Å²) >= 11 is 0. The Bertz CT molecular complexity index is 626. The first kappa shape index (κ1) is 12.1. The molecule has 3 rings (SSSR count). The van der Waals surface area contributed by atoms with Crippen LogP contribution in [0.25, 0.3) is 0 Å². The van der Waals surface area contributed by atoms with Crippen molar-refractivity contribution in [2.24, 2.45) is 0 Å². The van der Waals surface area contributed by atoms with Crippen molar-refractivity contribution in [3.05, 3.63) is 64.7 Å². The molecule has 2 N–H and O–H groups in total. The Kier molecular flexibility index (Phi) is 2.95. The van der Waals surface area contributed by atoms with E-state index in [1.807, 2.05) is 18.2 Å². The fourth-order valence-electron chi connectivity index (χ4n) is 2.52. The zero-order valence-corrected chi connectivity index (χ0v) is 10.4. The SMILES string of the molecule is Nc1cccc2c1CN(Cc1ccc(F)cc1F)C2. The van der Waals surface area contributed by atoms with Gasteiger partial charge in [0.25, 0.3) is 0 Å². The van der Waals surface area contributed by atoms with Crippen LogP contribution in [0.4, 0.5) is 14.5 Å². The van der Waals surface area contributed by atoms with Crippen LogP contribution >= 0.6 is 0 Å². The third kappa shape index (κ3) is 2.31. The van der Waals surface area contributed by atoms with E-state index >= 15 is 0 Å². The van der Waals surface area contributed by atoms with E-state index in [1.165, 1.54) is 17.7 Å². The van der Waals surface area contributed by atoms with Crippen LogP contribution in [0.5, 0.6) is 0 Å². The number of nitrogen functional groups attached to an aromatic ring is 1. The van der Waals surface area contributed by atoms with Crippen molar-refractivity contribution in [2.45, 2.75) is 19.6 Å². The van der Waals surface area contributed by atoms with Gasteiger partial charge in [0.2, 0.25) is 0 Å². The highest BCUT2D eigenvalue weighted by atomic mass is 19.1. The third-order valence-electron chi connectivity index (χ3n) is 3.49. The van der Waals surface area contributed by atoms with E-state index in [-0.39, 0.29) is 0 Å². The summed E-state index contributed by atoms with van der Waals surface area (Å²) in [6.45, 7) is 1.91. The van der Waals surface area contributed by atoms with Gasteiger partial charge in [-0.2, -0.15) is 0 Å². The van der Waals surface area contributed by atoms with E-state index in [1.54, 1.807) is 0 Å². The van der Waals surface area contributed by atoms with E-state index in [0.717, 1.165) is 23.9 Å². The van der Waals surface area contributed by atoms with Gasteiger partial charge in [-0.1, -0.05) is 18.2 Å². The van der Waals surface area contributed by atoms with E-state index in [4.69, 9.17) is 5.73 Å². The first-order valence-electron chi connectivity index (χ1n) is 6.16. The summed E-state index contributed by atoms with van der Waals surface area (Å²) in [5.41, 5.74) is 9.51. The Morgan fingerprint density at radius 2 is 1.95 bits per heavy atom. The molecule has 0 saturated carbocycles. The molecular formula is C15H14F2N2. The molecule has 2 aromatic carbocycles. The van der Waals surface area contributed by atoms with Crippen LogP contribution in [0, 0.1) is 11.6 Å². The molecule has 0 unspecified atom stereocenters. The lowest BCUT2D eigenvalue weighted by atomic mass is 10.1. The average Bonchev–Trinajstić information content (AvgIpc) is 2.77. The van der Waals surface area contributed by atoms with Crippen molar-refractivity contribution in [3.63, 3.8) is 0 Å². The maximum absolute atomic E-state index is 13.6. The first-order chi connectivity index (χ1) is 9.13. The summed E-state index contributed by atoms with van der Waals surface area (Å²) in [5, 5.41) is 0. The number of hydrogen-bond donors (Lipinski definition) is 1. The van der Waals surface area contributed by atoms with Gasteiger partial charge < -0.3 is 5.73 Å². The molecule has 0 spiro atoms. The Hall–Kier alpha value is -1.94. The van der Waals surface area contributed by atoms with E-state index in [2.05, 4.69) is 4.90 Å². The highest BCUT2D eigenvalue weighted by molar-refractivity contribution is 5.52. The van der Waals surface area contributed by atoms with Gasteiger partial charge in [0.1, 0.15) is 11.6 Å². The van der Waals surface area contributed by atoms with Crippen LogP contribution < -0.4 is 5.73 Å². The smallest absolute Gasteiger partial charge is 0.130 e. The Morgan fingerprint density at radius 1 is 1.11 bits per heavy atom. The van der Waals surface area contributed by atoms with Gasteiger partial charge in [-0.25, -0.2) is 8.78 Å². The lowest BCUT2D eigenvalue weighted by Crippen LogP contribution is -2.16. The Labute approximate surface area is 110 Å². The molecule has 2 aromatic rings. The third-order valence-corrected chi connectivity index (χ3v) is 3.49. The van der Waals surface area contributed by atoms with Crippen molar-refractivity contribution >= 4 is 5.69 Å².